The van der Waals surface area contributed by atoms with Gasteiger partial charge in [-0.05, 0) is 62.4 Å². The monoisotopic (exact) mass is 518 g/mol. The van der Waals surface area contributed by atoms with Gasteiger partial charge in [0.05, 0.1) is 10.8 Å². The van der Waals surface area contributed by atoms with Gasteiger partial charge in [-0.25, -0.2) is 13.8 Å². The molecule has 2 atom stereocenters. The molecule has 9 nitrogen and oxygen atoms in total. The number of aliphatic hydroxyl groups excluding tert-OH is 2. The van der Waals surface area contributed by atoms with E-state index < -0.39 is 34.9 Å². The van der Waals surface area contributed by atoms with Gasteiger partial charge in [-0.3, -0.25) is 0 Å². The van der Waals surface area contributed by atoms with Crippen molar-refractivity contribution in [2.24, 2.45) is 0 Å². The van der Waals surface area contributed by atoms with Gasteiger partial charge in [-0.1, -0.05) is 13.2 Å². The van der Waals surface area contributed by atoms with Crippen LogP contribution in [0.3, 0.4) is 0 Å². The lowest BCUT2D eigenvalue weighted by atomic mass is 10.3. The van der Waals surface area contributed by atoms with Gasteiger partial charge in [-0.15, -0.1) is 0 Å². The zero-order valence-corrected chi connectivity index (χ0v) is 21.0. The quantitative estimate of drug-likeness (QED) is 0.286. The topological polar surface area (TPSA) is 129 Å². The molecule has 0 saturated heterocycles. The van der Waals surface area contributed by atoms with Crippen molar-refractivity contribution < 1.29 is 43.0 Å². The van der Waals surface area contributed by atoms with Crippen molar-refractivity contribution in [3.8, 4) is 11.5 Å². The highest BCUT2D eigenvalue weighted by atomic mass is 32.2. The molecule has 10 heteroatoms. The van der Waals surface area contributed by atoms with E-state index in [1.54, 1.807) is 48.5 Å². The Balaban J connectivity index is 1.81. The van der Waals surface area contributed by atoms with Crippen LogP contribution in [0.2, 0.25) is 0 Å². The van der Waals surface area contributed by atoms with Crippen LogP contribution in [0.4, 0.5) is 0 Å². The molecule has 0 fully saturated rings. The first kappa shape index (κ1) is 28.8. The van der Waals surface area contributed by atoms with Gasteiger partial charge < -0.3 is 29.2 Å². The number of esters is 2. The first-order valence-electron chi connectivity index (χ1n) is 11.0. The number of carbonyl (C=O) groups is 2. The number of aliphatic hydroxyl groups is 2. The predicted molar refractivity (Wildman–Crippen MR) is 132 cm³/mol. The second kappa shape index (κ2) is 14.2. The highest BCUT2D eigenvalue weighted by Gasteiger charge is 2.13. The van der Waals surface area contributed by atoms with E-state index in [-0.39, 0.29) is 37.6 Å². The molecular formula is C26H30O9S. The molecule has 0 saturated carbocycles. The Morgan fingerprint density at radius 2 is 1.06 bits per heavy atom. The molecule has 36 heavy (non-hydrogen) atoms. The van der Waals surface area contributed by atoms with Crippen LogP contribution >= 0.6 is 0 Å². The largest absolute Gasteiger partial charge is 0.491 e. The van der Waals surface area contributed by atoms with Gasteiger partial charge in [0.1, 0.15) is 50.1 Å². The highest BCUT2D eigenvalue weighted by Crippen LogP contribution is 2.22. The Kier molecular flexibility index (Phi) is 11.3. The molecule has 2 aromatic rings. The highest BCUT2D eigenvalue weighted by molar-refractivity contribution is 7.85. The molecule has 2 aromatic carbocycles. The maximum absolute atomic E-state index is 12.8. The van der Waals surface area contributed by atoms with Gasteiger partial charge in [0, 0.05) is 20.9 Å². The van der Waals surface area contributed by atoms with E-state index in [1.807, 2.05) is 0 Å². The van der Waals surface area contributed by atoms with E-state index in [4.69, 9.17) is 18.9 Å². The Labute approximate surface area is 212 Å². The predicted octanol–water partition coefficient (Wildman–Crippen LogP) is 2.57. The van der Waals surface area contributed by atoms with Crippen LogP contribution in [0.25, 0.3) is 0 Å². The number of carbonyl (C=O) groups excluding carboxylic acids is 2. The van der Waals surface area contributed by atoms with E-state index in [0.717, 1.165) is 0 Å². The van der Waals surface area contributed by atoms with Crippen LogP contribution in [0, 0.1) is 0 Å². The first-order valence-corrected chi connectivity index (χ1v) is 12.1. The van der Waals surface area contributed by atoms with E-state index in [1.165, 1.54) is 13.8 Å². The molecule has 2 unspecified atom stereocenters. The van der Waals surface area contributed by atoms with Crippen molar-refractivity contribution in [2.75, 3.05) is 26.4 Å². The Bertz CT molecular complexity index is 992. The Morgan fingerprint density at radius 1 is 0.722 bits per heavy atom. The maximum atomic E-state index is 12.8. The molecule has 2 rings (SSSR count). The molecule has 0 radical (unpaired) electrons. The van der Waals surface area contributed by atoms with Crippen LogP contribution in [-0.4, -0.2) is 65.0 Å². The second-order valence-corrected chi connectivity index (χ2v) is 9.38. The molecule has 0 aliphatic heterocycles. The van der Waals surface area contributed by atoms with E-state index >= 15 is 0 Å². The average Bonchev–Trinajstić information content (AvgIpc) is 2.87. The zero-order chi connectivity index (χ0) is 26.7. The summed E-state index contributed by atoms with van der Waals surface area (Å²) >= 11 is 0. The molecular weight excluding hydrogens is 488 g/mol. The summed E-state index contributed by atoms with van der Waals surface area (Å²) in [6.07, 6.45) is -2.01. The third-order valence-corrected chi connectivity index (χ3v) is 5.87. The minimum Gasteiger partial charge on any atom is -0.491 e. The third kappa shape index (κ3) is 9.65. The van der Waals surface area contributed by atoms with E-state index in [0.29, 0.717) is 21.3 Å². The van der Waals surface area contributed by atoms with Crippen LogP contribution in [0.1, 0.15) is 13.8 Å². The number of rotatable bonds is 14. The SMILES string of the molecule is C=C(C)C(=O)OCC(O)COc1ccc(S(=O)c2ccc(OCC(O)COC(=O)C(=C)C)cc2)cc1. The van der Waals surface area contributed by atoms with Crippen LogP contribution in [-0.2, 0) is 29.9 Å². The summed E-state index contributed by atoms with van der Waals surface area (Å²) in [7, 11) is -1.46. The lowest BCUT2D eigenvalue weighted by molar-refractivity contribution is -0.143. The normalized spacial score (nSPS) is 13.1. The molecule has 0 aliphatic rings. The fourth-order valence-electron chi connectivity index (χ4n) is 2.53. The number of hydrogen-bond donors (Lipinski definition) is 2. The summed E-state index contributed by atoms with van der Waals surface area (Å²) in [6.45, 7) is 9.35. The summed E-state index contributed by atoms with van der Waals surface area (Å²) in [4.78, 5) is 23.8. The van der Waals surface area contributed by atoms with Crippen molar-refractivity contribution in [3.05, 3.63) is 72.8 Å². The molecule has 0 aliphatic carbocycles. The Hall–Kier alpha value is -3.47. The van der Waals surface area contributed by atoms with Crippen LogP contribution < -0.4 is 9.47 Å². The summed E-state index contributed by atoms with van der Waals surface area (Å²) in [5.41, 5.74) is 0.484. The molecule has 0 bridgehead atoms. The van der Waals surface area contributed by atoms with E-state index in [9.17, 15) is 24.0 Å². The fourth-order valence-corrected chi connectivity index (χ4v) is 3.56. The van der Waals surface area contributed by atoms with Crippen molar-refractivity contribution in [3.63, 3.8) is 0 Å². The fraction of sp³-hybridized carbons (Fsp3) is 0.308. The number of ether oxygens (including phenoxy) is 4. The van der Waals surface area contributed by atoms with Gasteiger partial charge in [0.2, 0.25) is 0 Å². The van der Waals surface area contributed by atoms with Gasteiger partial charge in [0.15, 0.2) is 0 Å². The summed E-state index contributed by atoms with van der Waals surface area (Å²) < 4.78 is 33.5. The zero-order valence-electron chi connectivity index (χ0n) is 20.2. The second-order valence-electron chi connectivity index (χ2n) is 7.90. The summed E-state index contributed by atoms with van der Waals surface area (Å²) in [5, 5.41) is 19.7. The molecule has 0 heterocycles. The lowest BCUT2D eigenvalue weighted by Gasteiger charge is -2.13. The van der Waals surface area contributed by atoms with Crippen molar-refractivity contribution in [2.45, 2.75) is 35.8 Å². The molecule has 194 valence electrons. The molecule has 0 aromatic heterocycles. The van der Waals surface area contributed by atoms with E-state index in [2.05, 4.69) is 13.2 Å². The minimum absolute atomic E-state index is 0.0849. The standard InChI is InChI=1S/C26H30O9S/c1-17(2)25(29)34-15-19(27)13-32-21-5-9-23(10-6-21)36(31)24-11-7-22(8-12-24)33-14-20(28)16-35-26(30)18(3)4/h5-12,19-20,27-28H,1,3,13-16H2,2,4H3. The van der Waals surface area contributed by atoms with Gasteiger partial charge in [-0.2, -0.15) is 0 Å². The van der Waals surface area contributed by atoms with Crippen LogP contribution in [0.5, 0.6) is 11.5 Å². The summed E-state index contributed by atoms with van der Waals surface area (Å²) in [6, 6.07) is 13.1. The van der Waals surface area contributed by atoms with Crippen molar-refractivity contribution in [1.82, 2.24) is 0 Å². The molecule has 0 spiro atoms. The molecule has 0 amide bonds. The number of hydrogen-bond acceptors (Lipinski definition) is 9. The lowest BCUT2D eigenvalue weighted by Crippen LogP contribution is -2.25. The molecule has 2 N–H and O–H groups in total. The first-order chi connectivity index (χ1) is 17.1. The Morgan fingerprint density at radius 3 is 1.36 bits per heavy atom. The number of benzene rings is 2. The van der Waals surface area contributed by atoms with Gasteiger partial charge >= 0.3 is 11.9 Å². The van der Waals surface area contributed by atoms with Crippen LogP contribution in [0.15, 0.2) is 82.6 Å². The minimum atomic E-state index is -1.46. The smallest absolute Gasteiger partial charge is 0.333 e. The third-order valence-electron chi connectivity index (χ3n) is 4.47. The van der Waals surface area contributed by atoms with Crippen molar-refractivity contribution >= 4 is 22.7 Å². The van der Waals surface area contributed by atoms with Gasteiger partial charge in [0.25, 0.3) is 0 Å². The van der Waals surface area contributed by atoms with Crippen molar-refractivity contribution in [1.29, 1.82) is 0 Å². The summed E-state index contributed by atoms with van der Waals surface area (Å²) in [5.74, 6) is -0.256. The average molecular weight is 519 g/mol. The maximum Gasteiger partial charge on any atom is 0.333 e.